The van der Waals surface area contributed by atoms with Crippen molar-refractivity contribution in [2.24, 2.45) is 0 Å². The molecule has 0 atom stereocenters. The highest BCUT2D eigenvalue weighted by Crippen LogP contribution is 2.08. The molecule has 1 aromatic carbocycles. The van der Waals surface area contributed by atoms with Crippen LogP contribution in [0.15, 0.2) is 35.9 Å². The lowest BCUT2D eigenvalue weighted by atomic mass is 10.1. The van der Waals surface area contributed by atoms with Crippen molar-refractivity contribution in [3.8, 4) is 0 Å². The molecule has 0 aliphatic rings. The van der Waals surface area contributed by atoms with E-state index in [0.717, 1.165) is 6.08 Å². The molecule has 0 spiro atoms. The second kappa shape index (κ2) is 4.88. The van der Waals surface area contributed by atoms with Crippen molar-refractivity contribution in [2.75, 3.05) is 0 Å². The lowest BCUT2D eigenvalue weighted by Gasteiger charge is -1.97. The van der Waals surface area contributed by atoms with Gasteiger partial charge in [0, 0.05) is 0 Å². The van der Waals surface area contributed by atoms with Gasteiger partial charge in [-0.2, -0.15) is 0 Å². The molecule has 0 bridgehead atoms. The highest BCUT2D eigenvalue weighted by Gasteiger charge is 2.23. The first kappa shape index (κ1) is 11.6. The van der Waals surface area contributed by atoms with E-state index in [1.165, 1.54) is 0 Å². The zero-order valence-electron chi connectivity index (χ0n) is 8.08. The molecule has 0 heterocycles. The Balaban J connectivity index is 3.14. The second-order valence-corrected chi connectivity index (χ2v) is 2.91. The topological polar surface area (TPSA) is 91.7 Å². The Morgan fingerprint density at radius 2 is 1.50 bits per heavy atom. The Hall–Kier alpha value is -2.43. The molecule has 0 unspecified atom stereocenters. The molecule has 0 aromatic heterocycles. The summed E-state index contributed by atoms with van der Waals surface area (Å²) < 4.78 is 0. The van der Waals surface area contributed by atoms with Gasteiger partial charge >= 0.3 is 11.9 Å². The number of carboxylic acids is 2. The van der Waals surface area contributed by atoms with Gasteiger partial charge in [0.1, 0.15) is 5.57 Å². The van der Waals surface area contributed by atoms with Crippen LogP contribution in [-0.4, -0.2) is 27.9 Å². The molecule has 0 saturated carbocycles. The van der Waals surface area contributed by atoms with E-state index in [2.05, 4.69) is 0 Å². The third kappa shape index (κ3) is 2.78. The number of carbonyl (C=O) groups excluding carboxylic acids is 1. The number of aliphatic carboxylic acids is 2. The fourth-order valence-corrected chi connectivity index (χ4v) is 1.06. The number of Topliss-reactive ketones (excluding diaryl/α,β-unsaturated/α-hetero) is 1. The summed E-state index contributed by atoms with van der Waals surface area (Å²) in [4.78, 5) is 32.1. The fraction of sp³-hybridized carbons (Fsp3) is 0. The average molecular weight is 220 g/mol. The van der Waals surface area contributed by atoms with Crippen molar-refractivity contribution in [3.05, 3.63) is 41.5 Å². The lowest BCUT2D eigenvalue weighted by molar-refractivity contribution is -0.149. The van der Waals surface area contributed by atoms with Crippen LogP contribution < -0.4 is 0 Å². The summed E-state index contributed by atoms with van der Waals surface area (Å²) in [6, 6.07) is 8.15. The van der Waals surface area contributed by atoms with Gasteiger partial charge in [0.2, 0.25) is 0 Å². The predicted octanol–water partition coefficient (Wildman–Crippen LogP) is 0.808. The summed E-state index contributed by atoms with van der Waals surface area (Å²) in [5.74, 6) is -4.78. The molecular weight excluding hydrogens is 212 g/mol. The molecule has 1 aromatic rings. The van der Waals surface area contributed by atoms with E-state index in [4.69, 9.17) is 10.2 Å². The normalized spacial score (nSPS) is 10.9. The first-order chi connectivity index (χ1) is 7.52. The van der Waals surface area contributed by atoms with Crippen LogP contribution in [-0.2, 0) is 14.4 Å². The fourth-order valence-electron chi connectivity index (χ4n) is 1.06. The molecule has 0 saturated heterocycles. The van der Waals surface area contributed by atoms with Crippen LogP contribution in [0.3, 0.4) is 0 Å². The Kier molecular flexibility index (Phi) is 3.55. The van der Waals surface area contributed by atoms with Crippen LogP contribution in [0.25, 0.3) is 6.08 Å². The summed E-state index contributed by atoms with van der Waals surface area (Å²) >= 11 is 0. The van der Waals surface area contributed by atoms with Crippen molar-refractivity contribution < 1.29 is 24.6 Å². The third-order valence-electron chi connectivity index (χ3n) is 1.78. The van der Waals surface area contributed by atoms with E-state index in [9.17, 15) is 14.4 Å². The molecule has 5 heteroatoms. The van der Waals surface area contributed by atoms with Gasteiger partial charge in [-0.25, -0.2) is 9.59 Å². The third-order valence-corrected chi connectivity index (χ3v) is 1.78. The van der Waals surface area contributed by atoms with Crippen molar-refractivity contribution in [2.45, 2.75) is 0 Å². The van der Waals surface area contributed by atoms with Gasteiger partial charge in [0.05, 0.1) is 0 Å². The van der Waals surface area contributed by atoms with Crippen LogP contribution in [0.2, 0.25) is 0 Å². The minimum Gasteiger partial charge on any atom is -0.478 e. The largest absolute Gasteiger partial charge is 0.478 e. The van der Waals surface area contributed by atoms with Crippen LogP contribution >= 0.6 is 0 Å². The Labute approximate surface area is 90.6 Å². The van der Waals surface area contributed by atoms with Gasteiger partial charge in [-0.15, -0.1) is 0 Å². The molecule has 5 nitrogen and oxygen atoms in total. The lowest BCUT2D eigenvalue weighted by Crippen LogP contribution is -2.20. The van der Waals surface area contributed by atoms with Crippen LogP contribution in [0.4, 0.5) is 0 Å². The number of carbonyl (C=O) groups is 3. The minimum absolute atomic E-state index is 0.453. The minimum atomic E-state index is -1.79. The van der Waals surface area contributed by atoms with Crippen molar-refractivity contribution >= 4 is 23.8 Å². The monoisotopic (exact) mass is 220 g/mol. The molecule has 2 N–H and O–H groups in total. The quantitative estimate of drug-likeness (QED) is 0.339. The number of benzene rings is 1. The van der Waals surface area contributed by atoms with Gasteiger partial charge in [0.15, 0.2) is 0 Å². The van der Waals surface area contributed by atoms with Crippen molar-refractivity contribution in [3.63, 3.8) is 0 Å². The van der Waals surface area contributed by atoms with E-state index < -0.39 is 23.3 Å². The van der Waals surface area contributed by atoms with Crippen LogP contribution in [0.5, 0.6) is 0 Å². The van der Waals surface area contributed by atoms with E-state index in [-0.39, 0.29) is 0 Å². The highest BCUT2D eigenvalue weighted by molar-refractivity contribution is 6.47. The summed E-state index contributed by atoms with van der Waals surface area (Å²) in [6.07, 6.45) is 1.03. The van der Waals surface area contributed by atoms with Crippen LogP contribution in [0.1, 0.15) is 5.56 Å². The first-order valence-corrected chi connectivity index (χ1v) is 4.30. The SMILES string of the molecule is O=C(O)C(=O)C(=Cc1ccccc1)C(=O)O. The first-order valence-electron chi connectivity index (χ1n) is 4.30. The maximum atomic E-state index is 11.0. The number of hydrogen-bond acceptors (Lipinski definition) is 3. The molecule has 82 valence electrons. The van der Waals surface area contributed by atoms with Crippen LogP contribution in [0, 0.1) is 0 Å². The van der Waals surface area contributed by atoms with Gasteiger partial charge < -0.3 is 10.2 Å². The van der Waals surface area contributed by atoms with Gasteiger partial charge in [-0.05, 0) is 11.6 Å². The molecule has 0 aliphatic heterocycles. The highest BCUT2D eigenvalue weighted by atomic mass is 16.4. The maximum absolute atomic E-state index is 11.0. The second-order valence-electron chi connectivity index (χ2n) is 2.91. The number of rotatable bonds is 4. The smallest absolute Gasteiger partial charge is 0.377 e. The maximum Gasteiger partial charge on any atom is 0.377 e. The molecule has 0 amide bonds. The van der Waals surface area contributed by atoms with E-state index in [1.54, 1.807) is 30.3 Å². The summed E-state index contributed by atoms with van der Waals surface area (Å²) in [7, 11) is 0. The average Bonchev–Trinajstić information content (AvgIpc) is 2.26. The molecular formula is C11H8O5. The van der Waals surface area contributed by atoms with E-state index >= 15 is 0 Å². The molecule has 0 fully saturated rings. The zero-order chi connectivity index (χ0) is 12.1. The molecule has 0 aliphatic carbocycles. The van der Waals surface area contributed by atoms with E-state index in [0.29, 0.717) is 5.56 Å². The zero-order valence-corrected chi connectivity index (χ0v) is 8.08. The van der Waals surface area contributed by atoms with Gasteiger partial charge in [-0.3, -0.25) is 4.79 Å². The summed E-state index contributed by atoms with van der Waals surface area (Å²) in [5.41, 5.74) is -0.312. The molecule has 16 heavy (non-hydrogen) atoms. The Morgan fingerprint density at radius 3 is 1.94 bits per heavy atom. The Bertz CT molecular complexity index is 459. The predicted molar refractivity (Wildman–Crippen MR) is 54.7 cm³/mol. The van der Waals surface area contributed by atoms with Crippen molar-refractivity contribution in [1.82, 2.24) is 0 Å². The van der Waals surface area contributed by atoms with Gasteiger partial charge in [0.25, 0.3) is 5.78 Å². The summed E-state index contributed by atoms with van der Waals surface area (Å²) in [6.45, 7) is 0. The number of carboxylic acid groups (broad SMARTS) is 2. The molecule has 1 rings (SSSR count). The summed E-state index contributed by atoms with van der Waals surface area (Å²) in [5, 5.41) is 17.1. The van der Waals surface area contributed by atoms with Crippen molar-refractivity contribution in [1.29, 1.82) is 0 Å². The van der Waals surface area contributed by atoms with E-state index in [1.807, 2.05) is 0 Å². The Morgan fingerprint density at radius 1 is 0.938 bits per heavy atom. The molecule has 0 radical (unpaired) electrons. The standard InChI is InChI=1S/C11H8O5/c12-9(11(15)16)8(10(13)14)6-7-4-2-1-3-5-7/h1-6H,(H,13,14)(H,15,16). The van der Waals surface area contributed by atoms with Gasteiger partial charge in [-0.1, -0.05) is 30.3 Å². The number of ketones is 1. The number of hydrogen-bond donors (Lipinski definition) is 2.